The number of hydrogen-bond acceptors (Lipinski definition) is 4. The molecule has 1 aliphatic heterocycles. The number of piperidine rings is 1. The van der Waals surface area contributed by atoms with E-state index >= 15 is 0 Å². The minimum Gasteiger partial charge on any atom is -0.411 e. The van der Waals surface area contributed by atoms with E-state index in [4.69, 9.17) is 10.9 Å². The summed E-state index contributed by atoms with van der Waals surface area (Å²) in [6.07, 6.45) is 6.05. The molecule has 0 radical (unpaired) electrons. The van der Waals surface area contributed by atoms with Crippen LogP contribution in [0.3, 0.4) is 0 Å². The highest BCUT2D eigenvalue weighted by molar-refractivity contribution is 5.79. The third kappa shape index (κ3) is 6.35. The fourth-order valence-electron chi connectivity index (χ4n) is 3.02. The Balaban J connectivity index is 0.00000151. The molecule has 0 aliphatic carbocycles. The predicted octanol–water partition coefficient (Wildman–Crippen LogP) is 3.80. The molecule has 0 spiro atoms. The summed E-state index contributed by atoms with van der Waals surface area (Å²) >= 11 is 0. The smallest absolute Gasteiger partial charge is 0.126 e. The maximum Gasteiger partial charge on any atom is 0.126 e. The Morgan fingerprint density at radius 1 is 1.40 bits per heavy atom. The van der Waals surface area contributed by atoms with Crippen molar-refractivity contribution < 1.29 is 9.60 Å². The SMILES string of the molecule is C=CCc1cc(C/C(N)=C(/C=N/O)C2CCNCC2)ccc1F.CC. The van der Waals surface area contributed by atoms with Gasteiger partial charge in [-0.05, 0) is 61.0 Å². The highest BCUT2D eigenvalue weighted by atomic mass is 19.1. The van der Waals surface area contributed by atoms with Gasteiger partial charge in [0, 0.05) is 12.1 Å². The second-order valence-corrected chi connectivity index (χ2v) is 5.84. The lowest BCUT2D eigenvalue weighted by Crippen LogP contribution is -2.30. The molecule has 0 unspecified atom stereocenters. The molecule has 1 fully saturated rings. The number of oxime groups is 1. The van der Waals surface area contributed by atoms with Crippen molar-refractivity contribution in [3.05, 3.63) is 59.1 Å². The van der Waals surface area contributed by atoms with Gasteiger partial charge >= 0.3 is 0 Å². The van der Waals surface area contributed by atoms with Gasteiger partial charge in [-0.15, -0.1) is 6.58 Å². The lowest BCUT2D eigenvalue weighted by Gasteiger charge is -2.24. The third-order valence-electron chi connectivity index (χ3n) is 4.22. The first-order valence-electron chi connectivity index (χ1n) is 8.90. The summed E-state index contributed by atoms with van der Waals surface area (Å²) in [6.45, 7) is 9.51. The monoisotopic (exact) mass is 347 g/mol. The van der Waals surface area contributed by atoms with Crippen LogP contribution in [0.4, 0.5) is 4.39 Å². The molecule has 2 rings (SSSR count). The largest absolute Gasteiger partial charge is 0.411 e. The number of hydrogen-bond donors (Lipinski definition) is 3. The molecule has 25 heavy (non-hydrogen) atoms. The van der Waals surface area contributed by atoms with E-state index in [0.717, 1.165) is 37.1 Å². The second-order valence-electron chi connectivity index (χ2n) is 5.84. The zero-order chi connectivity index (χ0) is 18.7. The van der Waals surface area contributed by atoms with Crippen LogP contribution in [0.15, 0.2) is 47.3 Å². The quantitative estimate of drug-likeness (QED) is 0.317. The molecule has 0 aromatic heterocycles. The summed E-state index contributed by atoms with van der Waals surface area (Å²) in [5.74, 6) is 0.0620. The highest BCUT2D eigenvalue weighted by Gasteiger charge is 2.19. The topological polar surface area (TPSA) is 70.6 Å². The number of nitrogens with zero attached hydrogens (tertiary/aromatic N) is 1. The van der Waals surface area contributed by atoms with Crippen LogP contribution < -0.4 is 11.1 Å². The first-order chi connectivity index (χ1) is 12.2. The fourth-order valence-corrected chi connectivity index (χ4v) is 3.02. The van der Waals surface area contributed by atoms with Crippen LogP contribution in [0.2, 0.25) is 0 Å². The van der Waals surface area contributed by atoms with Gasteiger partial charge in [0.05, 0.1) is 6.21 Å². The average molecular weight is 347 g/mol. The Hall–Kier alpha value is -2.14. The summed E-state index contributed by atoms with van der Waals surface area (Å²) in [5.41, 5.74) is 9.38. The molecule has 1 heterocycles. The highest BCUT2D eigenvalue weighted by Crippen LogP contribution is 2.23. The summed E-state index contributed by atoms with van der Waals surface area (Å²) < 4.78 is 13.7. The lowest BCUT2D eigenvalue weighted by atomic mass is 9.88. The normalized spacial score (nSPS) is 16.1. The van der Waals surface area contributed by atoms with Crippen molar-refractivity contribution >= 4 is 6.21 Å². The number of halogens is 1. The van der Waals surface area contributed by atoms with Crippen molar-refractivity contribution in [3.63, 3.8) is 0 Å². The molecule has 0 saturated carbocycles. The Morgan fingerprint density at radius 2 is 2.08 bits per heavy atom. The second kappa shape index (κ2) is 11.4. The van der Waals surface area contributed by atoms with Gasteiger partial charge in [0.15, 0.2) is 0 Å². The first kappa shape index (κ1) is 20.9. The Morgan fingerprint density at radius 3 is 2.68 bits per heavy atom. The van der Waals surface area contributed by atoms with E-state index in [9.17, 15) is 4.39 Å². The zero-order valence-electron chi connectivity index (χ0n) is 15.3. The maximum absolute atomic E-state index is 13.7. The minimum absolute atomic E-state index is 0.230. The van der Waals surface area contributed by atoms with Crippen LogP contribution in [0.25, 0.3) is 0 Å². The zero-order valence-corrected chi connectivity index (χ0v) is 15.3. The molecule has 138 valence electrons. The summed E-state index contributed by atoms with van der Waals surface area (Å²) in [6, 6.07) is 5.02. The van der Waals surface area contributed by atoms with E-state index in [-0.39, 0.29) is 5.82 Å². The summed E-state index contributed by atoms with van der Waals surface area (Å²) in [7, 11) is 0. The van der Waals surface area contributed by atoms with Gasteiger partial charge in [0.1, 0.15) is 5.82 Å². The van der Waals surface area contributed by atoms with Crippen LogP contribution in [-0.2, 0) is 12.8 Å². The van der Waals surface area contributed by atoms with E-state index in [1.807, 2.05) is 19.9 Å². The van der Waals surface area contributed by atoms with Gasteiger partial charge in [0.25, 0.3) is 0 Å². The van der Waals surface area contributed by atoms with Gasteiger partial charge in [-0.25, -0.2) is 4.39 Å². The molecule has 1 aromatic rings. The van der Waals surface area contributed by atoms with E-state index in [1.54, 1.807) is 12.1 Å². The Labute approximate surface area is 150 Å². The van der Waals surface area contributed by atoms with Crippen molar-refractivity contribution in [1.29, 1.82) is 0 Å². The minimum atomic E-state index is -0.230. The molecule has 1 aliphatic rings. The third-order valence-corrected chi connectivity index (χ3v) is 4.22. The number of nitrogens with two attached hydrogens (primary N) is 1. The van der Waals surface area contributed by atoms with E-state index in [2.05, 4.69) is 17.1 Å². The van der Waals surface area contributed by atoms with E-state index in [1.165, 1.54) is 12.3 Å². The number of rotatable bonds is 6. The van der Waals surface area contributed by atoms with Crippen molar-refractivity contribution in [3.8, 4) is 0 Å². The molecule has 0 bridgehead atoms. The molecule has 0 atom stereocenters. The molecule has 4 N–H and O–H groups in total. The predicted molar refractivity (Wildman–Crippen MR) is 102 cm³/mol. The fraction of sp³-hybridized carbons (Fsp3) is 0.450. The molecular formula is C20H30FN3O. The van der Waals surface area contributed by atoms with Crippen LogP contribution in [0.1, 0.15) is 37.8 Å². The van der Waals surface area contributed by atoms with E-state index < -0.39 is 0 Å². The van der Waals surface area contributed by atoms with Gasteiger partial charge in [-0.1, -0.05) is 37.2 Å². The lowest BCUT2D eigenvalue weighted by molar-refractivity contribution is 0.320. The summed E-state index contributed by atoms with van der Waals surface area (Å²) in [5, 5.41) is 15.4. The van der Waals surface area contributed by atoms with Gasteiger partial charge < -0.3 is 16.3 Å². The molecule has 0 amide bonds. The molecule has 1 aromatic carbocycles. The number of nitrogens with one attached hydrogen (secondary N) is 1. The Bertz CT molecular complexity index is 605. The van der Waals surface area contributed by atoms with Crippen LogP contribution >= 0.6 is 0 Å². The molecular weight excluding hydrogens is 317 g/mol. The van der Waals surface area contributed by atoms with Gasteiger partial charge in [-0.2, -0.15) is 0 Å². The standard InChI is InChI=1S/C18H24FN3O.C2H6/c1-2-3-15-10-13(4-5-17(15)19)11-18(20)16(12-22-23)14-6-8-21-9-7-14;1-2/h2,4-5,10,12,14,21,23H,1,3,6-9,11,20H2;1-2H3/b18-16+,22-12+;. The van der Waals surface area contributed by atoms with Crippen molar-refractivity contribution in [1.82, 2.24) is 5.32 Å². The van der Waals surface area contributed by atoms with Crippen LogP contribution in [0, 0.1) is 11.7 Å². The first-order valence-corrected chi connectivity index (χ1v) is 8.90. The van der Waals surface area contributed by atoms with Crippen LogP contribution in [-0.4, -0.2) is 24.5 Å². The molecule has 4 nitrogen and oxygen atoms in total. The van der Waals surface area contributed by atoms with E-state index in [0.29, 0.717) is 30.0 Å². The average Bonchev–Trinajstić information content (AvgIpc) is 2.65. The van der Waals surface area contributed by atoms with Gasteiger partial charge in [-0.3, -0.25) is 0 Å². The van der Waals surface area contributed by atoms with Crippen molar-refractivity contribution in [2.45, 2.75) is 39.5 Å². The maximum atomic E-state index is 13.7. The molecule has 1 saturated heterocycles. The summed E-state index contributed by atoms with van der Waals surface area (Å²) in [4.78, 5) is 0. The Kier molecular flexibility index (Phi) is 9.55. The van der Waals surface area contributed by atoms with Gasteiger partial charge in [0.2, 0.25) is 0 Å². The number of allylic oxidation sites excluding steroid dienone is 3. The number of benzene rings is 1. The van der Waals surface area contributed by atoms with Crippen molar-refractivity contribution in [2.75, 3.05) is 13.1 Å². The van der Waals surface area contributed by atoms with Crippen molar-refractivity contribution in [2.24, 2.45) is 16.8 Å². The van der Waals surface area contributed by atoms with Crippen LogP contribution in [0.5, 0.6) is 0 Å². The molecule has 5 heteroatoms.